The Bertz CT molecular complexity index is 116. The van der Waals surface area contributed by atoms with Crippen LogP contribution in [0.4, 0.5) is 0 Å². The molecule has 0 radical (unpaired) electrons. The van der Waals surface area contributed by atoms with Crippen LogP contribution in [0.25, 0.3) is 0 Å². The van der Waals surface area contributed by atoms with Crippen molar-refractivity contribution >= 4 is 5.96 Å². The molecule has 0 bridgehead atoms. The Balaban J connectivity index is 3.44. The Morgan fingerprint density at radius 3 is 2.55 bits per heavy atom. The van der Waals surface area contributed by atoms with E-state index in [-0.39, 0.29) is 5.96 Å². The molecule has 11 heavy (non-hydrogen) atoms. The Labute approximate surface area is 67.8 Å². The van der Waals surface area contributed by atoms with Crippen LogP contribution in [0.3, 0.4) is 0 Å². The average molecular weight is 159 g/mol. The van der Waals surface area contributed by atoms with Gasteiger partial charge in [-0.3, -0.25) is 5.41 Å². The van der Waals surface area contributed by atoms with Gasteiger partial charge in [0.25, 0.3) is 0 Å². The van der Waals surface area contributed by atoms with Crippen LogP contribution < -0.4 is 5.73 Å². The number of nitrogens with two attached hydrogens (primary N) is 1. The van der Waals surface area contributed by atoms with Crippen molar-refractivity contribution in [3.05, 3.63) is 0 Å². The zero-order chi connectivity index (χ0) is 8.69. The molecule has 0 aliphatic carbocycles. The lowest BCUT2D eigenvalue weighted by Gasteiger charge is -2.19. The average Bonchev–Trinajstić information content (AvgIpc) is 1.97. The van der Waals surface area contributed by atoms with Crippen molar-refractivity contribution in [3.8, 4) is 0 Å². The lowest BCUT2D eigenvalue weighted by molar-refractivity contribution is 0.133. The second-order valence-corrected chi connectivity index (χ2v) is 2.16. The van der Waals surface area contributed by atoms with Crippen molar-refractivity contribution in [2.24, 2.45) is 5.73 Å². The van der Waals surface area contributed by atoms with E-state index in [9.17, 15) is 0 Å². The molecule has 0 spiro atoms. The molecule has 0 rings (SSSR count). The fourth-order valence-corrected chi connectivity index (χ4v) is 0.768. The summed E-state index contributed by atoms with van der Waals surface area (Å²) in [4.78, 5) is 1.76. The first-order valence-electron chi connectivity index (χ1n) is 3.89. The van der Waals surface area contributed by atoms with E-state index in [1.807, 2.05) is 13.8 Å². The summed E-state index contributed by atoms with van der Waals surface area (Å²) in [6.45, 7) is 6.75. The molecule has 0 aromatic heterocycles. The highest BCUT2D eigenvalue weighted by Crippen LogP contribution is 1.85. The molecule has 3 N–H and O–H groups in total. The van der Waals surface area contributed by atoms with Gasteiger partial charge < -0.3 is 15.4 Å². The molecule has 0 aliphatic heterocycles. The summed E-state index contributed by atoms with van der Waals surface area (Å²) in [6.07, 6.45) is 0. The Hall–Kier alpha value is -0.770. The minimum atomic E-state index is 0.118. The van der Waals surface area contributed by atoms with E-state index < -0.39 is 0 Å². The fraction of sp³-hybridized carbons (Fsp3) is 0.857. The van der Waals surface area contributed by atoms with Gasteiger partial charge in [0.1, 0.15) is 0 Å². The monoisotopic (exact) mass is 159 g/mol. The van der Waals surface area contributed by atoms with E-state index in [1.54, 1.807) is 4.90 Å². The van der Waals surface area contributed by atoms with Gasteiger partial charge in [-0.25, -0.2) is 0 Å². The van der Waals surface area contributed by atoms with E-state index in [2.05, 4.69) is 0 Å². The van der Waals surface area contributed by atoms with Crippen molar-refractivity contribution < 1.29 is 4.74 Å². The second-order valence-electron chi connectivity index (χ2n) is 2.16. The van der Waals surface area contributed by atoms with Crippen LogP contribution in [0, 0.1) is 5.41 Å². The molecule has 0 unspecified atom stereocenters. The maximum atomic E-state index is 7.14. The number of hydrogen-bond donors (Lipinski definition) is 2. The standard InChI is InChI=1S/C7H17N3O/c1-3-10(7(8)9)5-6-11-4-2/h3-6H2,1-2H3,(H3,8,9). The third-order valence-corrected chi connectivity index (χ3v) is 1.43. The number of likely N-dealkylation sites (N-methyl/N-ethyl adjacent to an activating group) is 1. The number of guanidine groups is 1. The van der Waals surface area contributed by atoms with Gasteiger partial charge >= 0.3 is 0 Å². The molecular weight excluding hydrogens is 142 g/mol. The third kappa shape index (κ3) is 4.61. The summed E-state index contributed by atoms with van der Waals surface area (Å²) in [6, 6.07) is 0. The van der Waals surface area contributed by atoms with Gasteiger partial charge in [-0.15, -0.1) is 0 Å². The van der Waals surface area contributed by atoms with E-state index in [1.165, 1.54) is 0 Å². The molecule has 0 saturated carbocycles. The summed E-state index contributed by atoms with van der Waals surface area (Å²) < 4.78 is 5.12. The summed E-state index contributed by atoms with van der Waals surface area (Å²) in [5.41, 5.74) is 5.28. The lowest BCUT2D eigenvalue weighted by Crippen LogP contribution is -2.38. The minimum absolute atomic E-state index is 0.118. The molecule has 0 saturated heterocycles. The fourth-order valence-electron chi connectivity index (χ4n) is 0.768. The van der Waals surface area contributed by atoms with Gasteiger partial charge in [-0.1, -0.05) is 0 Å². The topological polar surface area (TPSA) is 62.3 Å². The van der Waals surface area contributed by atoms with Crippen molar-refractivity contribution in [1.82, 2.24) is 4.90 Å². The van der Waals surface area contributed by atoms with Gasteiger partial charge in [-0.05, 0) is 13.8 Å². The van der Waals surface area contributed by atoms with Crippen molar-refractivity contribution in [2.45, 2.75) is 13.8 Å². The first-order chi connectivity index (χ1) is 5.22. The summed E-state index contributed by atoms with van der Waals surface area (Å²) in [5, 5.41) is 7.14. The smallest absolute Gasteiger partial charge is 0.188 e. The van der Waals surface area contributed by atoms with Crippen LogP contribution in [-0.4, -0.2) is 37.2 Å². The predicted octanol–water partition coefficient (Wildman–Crippen LogP) is 0.238. The zero-order valence-corrected chi connectivity index (χ0v) is 7.26. The number of hydrogen-bond acceptors (Lipinski definition) is 2. The second kappa shape index (κ2) is 5.97. The SMILES string of the molecule is CCOCCN(CC)C(=N)N. The van der Waals surface area contributed by atoms with Gasteiger partial charge in [0.2, 0.25) is 0 Å². The van der Waals surface area contributed by atoms with Gasteiger partial charge in [0, 0.05) is 19.7 Å². The summed E-state index contributed by atoms with van der Waals surface area (Å²) >= 11 is 0. The van der Waals surface area contributed by atoms with Crippen molar-refractivity contribution in [2.75, 3.05) is 26.3 Å². The number of nitrogens with zero attached hydrogens (tertiary/aromatic N) is 1. The number of ether oxygens (including phenoxy) is 1. The van der Waals surface area contributed by atoms with Crippen LogP contribution in [0.2, 0.25) is 0 Å². The highest BCUT2D eigenvalue weighted by Gasteiger charge is 2.01. The van der Waals surface area contributed by atoms with E-state index >= 15 is 0 Å². The largest absolute Gasteiger partial charge is 0.380 e. The van der Waals surface area contributed by atoms with Crippen molar-refractivity contribution in [3.63, 3.8) is 0 Å². The molecule has 0 aromatic carbocycles. The number of rotatable bonds is 5. The molecular formula is C7H17N3O. The Kier molecular flexibility index (Phi) is 5.56. The molecule has 4 heteroatoms. The highest BCUT2D eigenvalue weighted by atomic mass is 16.5. The Morgan fingerprint density at radius 1 is 1.55 bits per heavy atom. The van der Waals surface area contributed by atoms with Crippen LogP contribution in [0.1, 0.15) is 13.8 Å². The van der Waals surface area contributed by atoms with Crippen LogP contribution in [-0.2, 0) is 4.74 Å². The maximum Gasteiger partial charge on any atom is 0.188 e. The lowest BCUT2D eigenvalue weighted by atomic mass is 10.5. The number of nitrogens with one attached hydrogen (secondary N) is 1. The highest BCUT2D eigenvalue weighted by molar-refractivity contribution is 5.74. The normalized spacial score (nSPS) is 9.64. The molecule has 0 aliphatic rings. The summed E-state index contributed by atoms with van der Waals surface area (Å²) in [5.74, 6) is 0.118. The predicted molar refractivity (Wildman–Crippen MR) is 45.7 cm³/mol. The molecule has 0 aromatic rings. The van der Waals surface area contributed by atoms with Gasteiger partial charge in [0.05, 0.1) is 6.61 Å². The van der Waals surface area contributed by atoms with Gasteiger partial charge in [0.15, 0.2) is 5.96 Å². The molecule has 0 atom stereocenters. The molecule has 0 amide bonds. The van der Waals surface area contributed by atoms with Gasteiger partial charge in [-0.2, -0.15) is 0 Å². The minimum Gasteiger partial charge on any atom is -0.380 e. The summed E-state index contributed by atoms with van der Waals surface area (Å²) in [7, 11) is 0. The first-order valence-corrected chi connectivity index (χ1v) is 3.89. The van der Waals surface area contributed by atoms with Crippen molar-refractivity contribution in [1.29, 1.82) is 5.41 Å². The first kappa shape index (κ1) is 10.2. The molecule has 66 valence electrons. The third-order valence-electron chi connectivity index (χ3n) is 1.43. The molecule has 0 fully saturated rings. The van der Waals surface area contributed by atoms with Crippen LogP contribution >= 0.6 is 0 Å². The maximum absolute atomic E-state index is 7.14. The van der Waals surface area contributed by atoms with Crippen LogP contribution in [0.15, 0.2) is 0 Å². The van der Waals surface area contributed by atoms with E-state index in [0.29, 0.717) is 13.2 Å². The van der Waals surface area contributed by atoms with E-state index in [4.69, 9.17) is 15.9 Å². The zero-order valence-electron chi connectivity index (χ0n) is 7.26. The van der Waals surface area contributed by atoms with Crippen LogP contribution in [0.5, 0.6) is 0 Å². The quantitative estimate of drug-likeness (QED) is 0.343. The molecule has 4 nitrogen and oxygen atoms in total. The van der Waals surface area contributed by atoms with E-state index in [0.717, 1.165) is 13.2 Å². The Morgan fingerprint density at radius 2 is 2.18 bits per heavy atom. The molecule has 0 heterocycles.